The summed E-state index contributed by atoms with van der Waals surface area (Å²) in [5.74, 6) is 0.266. The molecule has 0 spiro atoms. The first-order valence-electron chi connectivity index (χ1n) is 5.06. The highest BCUT2D eigenvalue weighted by Crippen LogP contribution is 2.17. The van der Waals surface area contributed by atoms with Gasteiger partial charge < -0.3 is 9.52 Å². The maximum atomic E-state index is 11.6. The molecule has 0 bridgehead atoms. The van der Waals surface area contributed by atoms with Gasteiger partial charge in [-0.25, -0.2) is 4.79 Å². The highest BCUT2D eigenvalue weighted by atomic mass is 16.4. The van der Waals surface area contributed by atoms with Gasteiger partial charge in [-0.15, -0.1) is 0 Å². The molecule has 0 saturated carbocycles. The fourth-order valence-electron chi connectivity index (χ4n) is 1.58. The maximum Gasteiger partial charge on any atom is 0.343 e. The molecule has 1 atom stereocenters. The number of aliphatic hydroxyl groups is 1. The van der Waals surface area contributed by atoms with Gasteiger partial charge in [-0.2, -0.15) is 0 Å². The van der Waals surface area contributed by atoms with E-state index in [-0.39, 0.29) is 5.76 Å². The molecule has 0 aliphatic rings. The molecule has 16 heavy (non-hydrogen) atoms. The minimum Gasteiger partial charge on any atom is -0.424 e. The van der Waals surface area contributed by atoms with Crippen molar-refractivity contribution in [2.24, 2.45) is 0 Å². The van der Waals surface area contributed by atoms with Gasteiger partial charge >= 0.3 is 5.63 Å². The van der Waals surface area contributed by atoms with Crippen LogP contribution in [0.15, 0.2) is 51.7 Å². The summed E-state index contributed by atoms with van der Waals surface area (Å²) in [4.78, 5) is 11.6. The minimum atomic E-state index is -0.873. The average Bonchev–Trinajstić information content (AvgIpc) is 2.29. The Morgan fingerprint density at radius 1 is 1.38 bits per heavy atom. The van der Waals surface area contributed by atoms with E-state index < -0.39 is 11.7 Å². The van der Waals surface area contributed by atoms with Gasteiger partial charge in [-0.3, -0.25) is 0 Å². The van der Waals surface area contributed by atoms with Crippen LogP contribution in [0.25, 0.3) is 10.8 Å². The zero-order chi connectivity index (χ0) is 11.5. The Morgan fingerprint density at radius 2 is 2.12 bits per heavy atom. The van der Waals surface area contributed by atoms with Crippen LogP contribution in [0.3, 0.4) is 0 Å². The van der Waals surface area contributed by atoms with Gasteiger partial charge in [0.05, 0.1) is 5.39 Å². The number of fused-ring (bicyclic) bond motifs is 1. The molecule has 2 aromatic rings. The number of allylic oxidation sites excluding steroid dienone is 1. The summed E-state index contributed by atoms with van der Waals surface area (Å²) < 4.78 is 5.05. The van der Waals surface area contributed by atoms with Crippen molar-refractivity contribution in [1.29, 1.82) is 0 Å². The molecule has 0 amide bonds. The van der Waals surface area contributed by atoms with Crippen molar-refractivity contribution in [2.75, 3.05) is 0 Å². The van der Waals surface area contributed by atoms with Gasteiger partial charge in [-0.05, 0) is 24.4 Å². The highest BCUT2D eigenvalue weighted by molar-refractivity contribution is 5.81. The number of hydrogen-bond acceptors (Lipinski definition) is 3. The molecule has 0 fully saturated rings. The van der Waals surface area contributed by atoms with E-state index in [0.29, 0.717) is 5.39 Å². The first-order valence-corrected chi connectivity index (χ1v) is 5.06. The molecule has 0 aliphatic heterocycles. The molecule has 0 radical (unpaired) electrons. The predicted octanol–water partition coefficient (Wildman–Crippen LogP) is 2.40. The lowest BCUT2D eigenvalue weighted by Gasteiger charge is -2.05. The normalized spacial score (nSPS) is 13.4. The van der Waals surface area contributed by atoms with E-state index in [4.69, 9.17) is 4.42 Å². The van der Waals surface area contributed by atoms with E-state index in [1.165, 1.54) is 0 Å². The second-order valence-corrected chi connectivity index (χ2v) is 3.49. The Bertz CT molecular complexity index is 581. The molecule has 3 heteroatoms. The molecular weight excluding hydrogens is 204 g/mol. The Morgan fingerprint density at radius 3 is 2.88 bits per heavy atom. The summed E-state index contributed by atoms with van der Waals surface area (Å²) in [6, 6.07) is 8.82. The van der Waals surface area contributed by atoms with Crippen LogP contribution in [0.4, 0.5) is 0 Å². The van der Waals surface area contributed by atoms with E-state index in [2.05, 4.69) is 0 Å². The van der Waals surface area contributed by atoms with Crippen LogP contribution >= 0.6 is 0 Å². The van der Waals surface area contributed by atoms with Crippen LogP contribution in [0.5, 0.6) is 0 Å². The second-order valence-electron chi connectivity index (χ2n) is 3.49. The Labute approximate surface area is 92.6 Å². The van der Waals surface area contributed by atoms with E-state index in [1.54, 1.807) is 37.3 Å². The van der Waals surface area contributed by atoms with Crippen molar-refractivity contribution in [3.63, 3.8) is 0 Å². The lowest BCUT2D eigenvalue weighted by molar-refractivity contribution is 0.192. The molecule has 0 saturated heterocycles. The summed E-state index contributed by atoms with van der Waals surface area (Å²) in [6.07, 6.45) is 2.40. The predicted molar refractivity (Wildman–Crippen MR) is 62.3 cm³/mol. The van der Waals surface area contributed by atoms with Gasteiger partial charge in [0.25, 0.3) is 0 Å². The van der Waals surface area contributed by atoms with Crippen LogP contribution in [0.2, 0.25) is 0 Å². The number of aliphatic hydroxyl groups excluding tert-OH is 1. The SMILES string of the molecule is CC=C[C@H](O)c1cc2ccccc2c(=O)o1. The zero-order valence-corrected chi connectivity index (χ0v) is 8.88. The molecule has 1 N–H and O–H groups in total. The largest absolute Gasteiger partial charge is 0.424 e. The van der Waals surface area contributed by atoms with Crippen molar-refractivity contribution in [3.8, 4) is 0 Å². The van der Waals surface area contributed by atoms with Crippen LogP contribution in [0, 0.1) is 0 Å². The van der Waals surface area contributed by atoms with Gasteiger partial charge in [-0.1, -0.05) is 30.4 Å². The van der Waals surface area contributed by atoms with Gasteiger partial charge in [0, 0.05) is 0 Å². The Balaban J connectivity index is 2.62. The molecule has 82 valence electrons. The van der Waals surface area contributed by atoms with Crippen molar-refractivity contribution >= 4 is 10.8 Å². The van der Waals surface area contributed by atoms with Gasteiger partial charge in [0.1, 0.15) is 11.9 Å². The van der Waals surface area contributed by atoms with Crippen molar-refractivity contribution in [3.05, 3.63) is 58.7 Å². The maximum absolute atomic E-state index is 11.6. The quantitative estimate of drug-likeness (QED) is 0.784. The van der Waals surface area contributed by atoms with Crippen LogP contribution in [0.1, 0.15) is 18.8 Å². The van der Waals surface area contributed by atoms with Gasteiger partial charge in [0.2, 0.25) is 0 Å². The first kappa shape index (κ1) is 10.6. The third kappa shape index (κ3) is 1.90. The topological polar surface area (TPSA) is 50.4 Å². The fourth-order valence-corrected chi connectivity index (χ4v) is 1.58. The molecule has 1 aromatic carbocycles. The molecule has 1 heterocycles. The van der Waals surface area contributed by atoms with E-state index in [0.717, 1.165) is 5.39 Å². The molecule has 0 aliphatic carbocycles. The van der Waals surface area contributed by atoms with Crippen LogP contribution in [-0.4, -0.2) is 5.11 Å². The van der Waals surface area contributed by atoms with Crippen LogP contribution < -0.4 is 5.63 Å². The molecule has 0 unspecified atom stereocenters. The van der Waals surface area contributed by atoms with Gasteiger partial charge in [0.15, 0.2) is 0 Å². The van der Waals surface area contributed by atoms with E-state index in [1.807, 2.05) is 12.1 Å². The standard InChI is InChI=1S/C13H12O3/c1-2-5-11(14)12-8-9-6-3-4-7-10(9)13(15)16-12/h2-8,11,14H,1H3/t11-/m0/s1. The van der Waals surface area contributed by atoms with Crippen molar-refractivity contribution in [2.45, 2.75) is 13.0 Å². The Hall–Kier alpha value is -1.87. The molecule has 2 rings (SSSR count). The number of benzene rings is 1. The number of rotatable bonds is 2. The minimum absolute atomic E-state index is 0.266. The number of hydrogen-bond donors (Lipinski definition) is 1. The Kier molecular flexibility index (Phi) is 2.88. The summed E-state index contributed by atoms with van der Waals surface area (Å²) >= 11 is 0. The summed E-state index contributed by atoms with van der Waals surface area (Å²) in [5.41, 5.74) is -0.420. The third-order valence-electron chi connectivity index (χ3n) is 2.36. The zero-order valence-electron chi connectivity index (χ0n) is 8.88. The fraction of sp³-hybridized carbons (Fsp3) is 0.154. The first-order chi connectivity index (χ1) is 7.72. The third-order valence-corrected chi connectivity index (χ3v) is 2.36. The molecular formula is C13H12O3. The lowest BCUT2D eigenvalue weighted by atomic mass is 10.1. The summed E-state index contributed by atoms with van der Waals surface area (Å²) in [6.45, 7) is 1.79. The summed E-state index contributed by atoms with van der Waals surface area (Å²) in [7, 11) is 0. The molecule has 1 aromatic heterocycles. The second kappa shape index (κ2) is 4.33. The van der Waals surface area contributed by atoms with Crippen molar-refractivity contribution < 1.29 is 9.52 Å². The summed E-state index contributed by atoms with van der Waals surface area (Å²) in [5, 5.41) is 11.0. The molecule has 3 nitrogen and oxygen atoms in total. The van der Waals surface area contributed by atoms with Crippen LogP contribution in [-0.2, 0) is 0 Å². The smallest absolute Gasteiger partial charge is 0.343 e. The van der Waals surface area contributed by atoms with Crippen molar-refractivity contribution in [1.82, 2.24) is 0 Å². The monoisotopic (exact) mass is 216 g/mol. The van der Waals surface area contributed by atoms with E-state index in [9.17, 15) is 9.90 Å². The highest BCUT2D eigenvalue weighted by Gasteiger charge is 2.09. The average molecular weight is 216 g/mol. The van der Waals surface area contributed by atoms with E-state index >= 15 is 0 Å². The lowest BCUT2D eigenvalue weighted by Crippen LogP contribution is -2.04.